The summed E-state index contributed by atoms with van der Waals surface area (Å²) in [5.41, 5.74) is 1.05. The summed E-state index contributed by atoms with van der Waals surface area (Å²) in [7, 11) is 0. The summed E-state index contributed by atoms with van der Waals surface area (Å²) in [5, 5.41) is 3.36. The predicted molar refractivity (Wildman–Crippen MR) is 87.2 cm³/mol. The van der Waals surface area contributed by atoms with E-state index < -0.39 is 0 Å². The maximum atomic E-state index is 4.62. The number of nitrogens with zero attached hydrogens (tertiary/aromatic N) is 3. The van der Waals surface area contributed by atoms with Gasteiger partial charge in [-0.3, -0.25) is 0 Å². The molecule has 4 nitrogen and oxygen atoms in total. The van der Waals surface area contributed by atoms with Gasteiger partial charge in [0.1, 0.15) is 17.5 Å². The van der Waals surface area contributed by atoms with E-state index in [2.05, 4.69) is 26.3 Å². The molecule has 0 unspecified atom stereocenters. The maximum Gasteiger partial charge on any atom is 0.136 e. The zero-order chi connectivity index (χ0) is 14.5. The third-order valence-electron chi connectivity index (χ3n) is 3.80. The average Bonchev–Trinajstić information content (AvgIpc) is 2.77. The lowest BCUT2D eigenvalue weighted by atomic mass is 10.2. The first-order valence-corrected chi connectivity index (χ1v) is 7.74. The summed E-state index contributed by atoms with van der Waals surface area (Å²) >= 11 is 0. The van der Waals surface area contributed by atoms with Crippen molar-refractivity contribution >= 4 is 17.3 Å². The molecule has 3 rings (SSSR count). The van der Waals surface area contributed by atoms with E-state index in [-0.39, 0.29) is 0 Å². The Hall–Kier alpha value is -2.10. The van der Waals surface area contributed by atoms with Crippen LogP contribution in [-0.2, 0) is 0 Å². The van der Waals surface area contributed by atoms with Crippen molar-refractivity contribution in [2.75, 3.05) is 23.3 Å². The van der Waals surface area contributed by atoms with Crippen molar-refractivity contribution in [2.24, 2.45) is 0 Å². The highest BCUT2D eigenvalue weighted by atomic mass is 15.2. The molecule has 1 aromatic carbocycles. The summed E-state index contributed by atoms with van der Waals surface area (Å²) in [6.07, 6.45) is 5.17. The van der Waals surface area contributed by atoms with Gasteiger partial charge in [0.05, 0.1) is 0 Å². The quantitative estimate of drug-likeness (QED) is 0.926. The molecule has 0 bridgehead atoms. The first-order valence-electron chi connectivity index (χ1n) is 7.74. The van der Waals surface area contributed by atoms with Crippen LogP contribution in [0.1, 0.15) is 31.5 Å². The lowest BCUT2D eigenvalue weighted by molar-refractivity contribution is 0.726. The highest BCUT2D eigenvalue weighted by Gasteiger charge is 2.13. The first-order chi connectivity index (χ1) is 10.3. The minimum absolute atomic E-state index is 0.815. The average molecular weight is 282 g/mol. The normalized spacial score (nSPS) is 15.6. The molecule has 1 aliphatic heterocycles. The first kappa shape index (κ1) is 13.9. The molecule has 1 aromatic heterocycles. The van der Waals surface area contributed by atoms with Gasteiger partial charge in [0, 0.05) is 24.8 Å². The Morgan fingerprint density at radius 1 is 0.952 bits per heavy atom. The number of hydrogen-bond donors (Lipinski definition) is 1. The molecular formula is C17H22N4. The van der Waals surface area contributed by atoms with E-state index in [9.17, 15) is 0 Å². The Bertz CT molecular complexity index is 575. The molecule has 0 spiro atoms. The zero-order valence-electron chi connectivity index (χ0n) is 12.5. The van der Waals surface area contributed by atoms with Gasteiger partial charge in [-0.2, -0.15) is 0 Å². The Labute approximate surface area is 126 Å². The molecule has 1 aliphatic rings. The fraction of sp³-hybridized carbons (Fsp3) is 0.412. The van der Waals surface area contributed by atoms with E-state index in [1.54, 1.807) is 0 Å². The number of anilines is 3. The minimum atomic E-state index is 0.815. The standard InChI is InChI=1S/C17H22N4/c1-14-18-16(20-15-9-5-4-6-10-15)13-17(19-14)21-11-7-2-3-8-12-21/h4-6,9-10,13H,2-3,7-8,11-12H2,1H3,(H,18,19,20). The van der Waals surface area contributed by atoms with Crippen LogP contribution >= 0.6 is 0 Å². The van der Waals surface area contributed by atoms with Crippen LogP contribution in [0, 0.1) is 6.92 Å². The van der Waals surface area contributed by atoms with E-state index in [0.717, 1.165) is 36.2 Å². The van der Waals surface area contributed by atoms with Crippen LogP contribution in [0.25, 0.3) is 0 Å². The molecule has 0 amide bonds. The van der Waals surface area contributed by atoms with E-state index in [4.69, 9.17) is 0 Å². The van der Waals surface area contributed by atoms with Gasteiger partial charge in [-0.05, 0) is 31.9 Å². The van der Waals surface area contributed by atoms with Gasteiger partial charge in [-0.15, -0.1) is 0 Å². The van der Waals surface area contributed by atoms with Crippen LogP contribution in [0.4, 0.5) is 17.3 Å². The zero-order valence-corrected chi connectivity index (χ0v) is 12.5. The smallest absolute Gasteiger partial charge is 0.136 e. The monoisotopic (exact) mass is 282 g/mol. The van der Waals surface area contributed by atoms with E-state index in [0.29, 0.717) is 0 Å². The minimum Gasteiger partial charge on any atom is -0.356 e. The highest BCUT2D eigenvalue weighted by Crippen LogP contribution is 2.22. The van der Waals surface area contributed by atoms with Gasteiger partial charge in [0.15, 0.2) is 0 Å². The molecule has 110 valence electrons. The second-order valence-corrected chi connectivity index (χ2v) is 5.55. The largest absolute Gasteiger partial charge is 0.356 e. The predicted octanol–water partition coefficient (Wildman–Crippen LogP) is 3.91. The molecule has 1 saturated heterocycles. The third-order valence-corrected chi connectivity index (χ3v) is 3.80. The third kappa shape index (κ3) is 3.72. The number of hydrogen-bond acceptors (Lipinski definition) is 4. The number of aromatic nitrogens is 2. The Balaban J connectivity index is 1.82. The second-order valence-electron chi connectivity index (χ2n) is 5.55. The molecule has 1 fully saturated rings. The summed E-state index contributed by atoms with van der Waals surface area (Å²) in [4.78, 5) is 11.5. The summed E-state index contributed by atoms with van der Waals surface area (Å²) in [5.74, 6) is 2.73. The van der Waals surface area contributed by atoms with Crippen molar-refractivity contribution in [1.29, 1.82) is 0 Å². The van der Waals surface area contributed by atoms with Gasteiger partial charge in [0.2, 0.25) is 0 Å². The maximum absolute atomic E-state index is 4.62. The SMILES string of the molecule is Cc1nc(Nc2ccccc2)cc(N2CCCCCC2)n1. The molecule has 2 aromatic rings. The van der Waals surface area contributed by atoms with Crippen molar-refractivity contribution in [3.63, 3.8) is 0 Å². The van der Waals surface area contributed by atoms with Crippen LogP contribution in [0.3, 0.4) is 0 Å². The summed E-state index contributed by atoms with van der Waals surface area (Å²) in [6.45, 7) is 4.15. The molecule has 0 atom stereocenters. The molecule has 0 aliphatic carbocycles. The summed E-state index contributed by atoms with van der Waals surface area (Å²) < 4.78 is 0. The molecule has 0 saturated carbocycles. The van der Waals surface area contributed by atoms with Crippen molar-refractivity contribution < 1.29 is 0 Å². The van der Waals surface area contributed by atoms with E-state index >= 15 is 0 Å². The Morgan fingerprint density at radius 2 is 1.67 bits per heavy atom. The molecule has 4 heteroatoms. The van der Waals surface area contributed by atoms with Crippen molar-refractivity contribution in [1.82, 2.24) is 9.97 Å². The number of aryl methyl sites for hydroxylation is 1. The van der Waals surface area contributed by atoms with Gasteiger partial charge < -0.3 is 10.2 Å². The van der Waals surface area contributed by atoms with E-state index in [1.165, 1.54) is 25.7 Å². The van der Waals surface area contributed by atoms with Crippen LogP contribution in [0.15, 0.2) is 36.4 Å². The Morgan fingerprint density at radius 3 is 2.38 bits per heavy atom. The number of benzene rings is 1. The second kappa shape index (κ2) is 6.57. The number of para-hydroxylation sites is 1. The van der Waals surface area contributed by atoms with Crippen LogP contribution < -0.4 is 10.2 Å². The fourth-order valence-corrected chi connectivity index (χ4v) is 2.75. The number of nitrogens with one attached hydrogen (secondary N) is 1. The summed E-state index contributed by atoms with van der Waals surface area (Å²) in [6, 6.07) is 12.2. The molecular weight excluding hydrogens is 260 g/mol. The molecule has 21 heavy (non-hydrogen) atoms. The highest BCUT2D eigenvalue weighted by molar-refractivity contribution is 5.59. The van der Waals surface area contributed by atoms with Crippen molar-refractivity contribution in [2.45, 2.75) is 32.6 Å². The van der Waals surface area contributed by atoms with Crippen LogP contribution in [0.2, 0.25) is 0 Å². The van der Waals surface area contributed by atoms with Crippen LogP contribution in [0.5, 0.6) is 0 Å². The lowest BCUT2D eigenvalue weighted by Crippen LogP contribution is -2.25. The molecule has 2 heterocycles. The fourth-order valence-electron chi connectivity index (χ4n) is 2.75. The van der Waals surface area contributed by atoms with Gasteiger partial charge in [-0.25, -0.2) is 9.97 Å². The van der Waals surface area contributed by atoms with Gasteiger partial charge in [-0.1, -0.05) is 31.0 Å². The molecule has 1 N–H and O–H groups in total. The lowest BCUT2D eigenvalue weighted by Gasteiger charge is -2.22. The van der Waals surface area contributed by atoms with Crippen molar-refractivity contribution in [3.05, 3.63) is 42.2 Å². The van der Waals surface area contributed by atoms with Gasteiger partial charge in [0.25, 0.3) is 0 Å². The van der Waals surface area contributed by atoms with Crippen molar-refractivity contribution in [3.8, 4) is 0 Å². The van der Waals surface area contributed by atoms with E-state index in [1.807, 2.05) is 37.3 Å². The number of rotatable bonds is 3. The molecule has 0 radical (unpaired) electrons. The van der Waals surface area contributed by atoms with Crippen LogP contribution in [-0.4, -0.2) is 23.1 Å². The topological polar surface area (TPSA) is 41.1 Å². The Kier molecular flexibility index (Phi) is 4.34. The van der Waals surface area contributed by atoms with Gasteiger partial charge >= 0.3 is 0 Å².